The summed E-state index contributed by atoms with van der Waals surface area (Å²) in [6.45, 7) is 4.07. The number of alkyl halides is 1. The van der Waals surface area contributed by atoms with E-state index in [1.807, 2.05) is 13.8 Å². The number of amides is 1. The summed E-state index contributed by atoms with van der Waals surface area (Å²) in [6, 6.07) is 2.50. The number of halogens is 1. The second-order valence-corrected chi connectivity index (χ2v) is 4.78. The van der Waals surface area contributed by atoms with Gasteiger partial charge in [-0.25, -0.2) is 4.98 Å². The quantitative estimate of drug-likeness (QED) is 0.473. The van der Waals surface area contributed by atoms with Crippen molar-refractivity contribution in [3.63, 3.8) is 0 Å². The van der Waals surface area contributed by atoms with Gasteiger partial charge in [-0.15, -0.1) is 11.6 Å². The number of carbonyl (C=O) groups is 1. The number of aromatic amines is 1. The maximum Gasteiger partial charge on any atom is 0.321 e. The van der Waals surface area contributed by atoms with E-state index in [-0.39, 0.29) is 23.5 Å². The van der Waals surface area contributed by atoms with Gasteiger partial charge < -0.3 is 15.4 Å². The summed E-state index contributed by atoms with van der Waals surface area (Å²) in [7, 11) is 0. The van der Waals surface area contributed by atoms with Crippen molar-refractivity contribution in [3.05, 3.63) is 27.9 Å². The van der Waals surface area contributed by atoms with Crippen molar-refractivity contribution in [2.75, 3.05) is 5.88 Å². The predicted molar refractivity (Wildman–Crippen MR) is 68.9 cm³/mol. The van der Waals surface area contributed by atoms with Crippen LogP contribution in [-0.2, 0) is 0 Å². The molecule has 1 amide bonds. The number of nitro groups is 1. The number of H-pyrrole nitrogens is 1. The lowest BCUT2D eigenvalue weighted by molar-refractivity contribution is -0.389. The van der Waals surface area contributed by atoms with Crippen molar-refractivity contribution >= 4 is 23.3 Å². The van der Waals surface area contributed by atoms with E-state index >= 15 is 0 Å². The molecule has 18 heavy (non-hydrogen) atoms. The lowest BCUT2D eigenvalue weighted by Gasteiger charge is -2.16. The first kappa shape index (κ1) is 14.5. The van der Waals surface area contributed by atoms with E-state index in [1.165, 1.54) is 12.1 Å². The third kappa shape index (κ3) is 4.03. The van der Waals surface area contributed by atoms with Crippen LogP contribution < -0.4 is 5.32 Å². The fraction of sp³-hybridized carbons (Fsp3) is 0.545. The van der Waals surface area contributed by atoms with Crippen molar-refractivity contribution in [2.24, 2.45) is 5.92 Å². The molecule has 0 aliphatic carbocycles. The van der Waals surface area contributed by atoms with Gasteiger partial charge in [0, 0.05) is 18.0 Å². The zero-order valence-electron chi connectivity index (χ0n) is 10.3. The average Bonchev–Trinajstić information content (AvgIpc) is 2.76. The van der Waals surface area contributed by atoms with Crippen LogP contribution in [0.3, 0.4) is 0 Å². The molecule has 0 saturated carbocycles. The highest BCUT2D eigenvalue weighted by atomic mass is 35.5. The van der Waals surface area contributed by atoms with Crippen molar-refractivity contribution in [1.82, 2.24) is 10.3 Å². The summed E-state index contributed by atoms with van der Waals surface area (Å²) in [5, 5.41) is 13.2. The van der Waals surface area contributed by atoms with Crippen LogP contribution in [0.5, 0.6) is 0 Å². The zero-order chi connectivity index (χ0) is 13.7. The molecule has 1 rings (SSSR count). The van der Waals surface area contributed by atoms with Crippen LogP contribution in [-0.4, -0.2) is 27.7 Å². The molecule has 0 aromatic carbocycles. The third-order valence-electron chi connectivity index (χ3n) is 2.39. The molecular formula is C11H16ClN3O3. The molecule has 0 saturated heterocycles. The Morgan fingerprint density at radius 3 is 2.67 bits per heavy atom. The van der Waals surface area contributed by atoms with Gasteiger partial charge in [0.05, 0.1) is 0 Å². The summed E-state index contributed by atoms with van der Waals surface area (Å²) in [6.07, 6.45) is 0.762. The first-order chi connectivity index (χ1) is 8.43. The molecule has 6 nitrogen and oxygen atoms in total. The third-order valence-corrected chi connectivity index (χ3v) is 2.76. The molecule has 0 radical (unpaired) electrons. The fourth-order valence-electron chi connectivity index (χ4n) is 1.62. The average molecular weight is 274 g/mol. The van der Waals surface area contributed by atoms with Gasteiger partial charge >= 0.3 is 5.82 Å². The summed E-state index contributed by atoms with van der Waals surface area (Å²) in [4.78, 5) is 24.2. The first-order valence-electron chi connectivity index (χ1n) is 5.64. The van der Waals surface area contributed by atoms with E-state index in [0.717, 1.165) is 6.42 Å². The van der Waals surface area contributed by atoms with Crippen LogP contribution in [0.15, 0.2) is 12.1 Å². The Bertz CT molecular complexity index is 431. The monoisotopic (exact) mass is 273 g/mol. The highest BCUT2D eigenvalue weighted by Crippen LogP contribution is 2.11. The van der Waals surface area contributed by atoms with Crippen molar-refractivity contribution in [2.45, 2.75) is 26.3 Å². The molecule has 1 atom stereocenters. The van der Waals surface area contributed by atoms with Gasteiger partial charge in [0.1, 0.15) is 0 Å². The second kappa shape index (κ2) is 6.39. The summed E-state index contributed by atoms with van der Waals surface area (Å²) in [5.41, 5.74) is 0.167. The Morgan fingerprint density at radius 2 is 2.22 bits per heavy atom. The Morgan fingerprint density at radius 1 is 1.56 bits per heavy atom. The minimum absolute atomic E-state index is 0.137. The normalized spacial score (nSPS) is 12.4. The number of nitrogens with zero attached hydrogens (tertiary/aromatic N) is 1. The highest BCUT2D eigenvalue weighted by Gasteiger charge is 2.19. The smallest absolute Gasteiger partial charge is 0.321 e. The van der Waals surface area contributed by atoms with Gasteiger partial charge in [0.2, 0.25) is 0 Å². The molecule has 7 heteroatoms. The molecule has 0 spiro atoms. The van der Waals surface area contributed by atoms with Crippen LogP contribution in [0, 0.1) is 16.0 Å². The molecule has 2 N–H and O–H groups in total. The molecule has 1 aromatic rings. The molecule has 0 aliphatic heterocycles. The van der Waals surface area contributed by atoms with Crippen LogP contribution in [0.2, 0.25) is 0 Å². The van der Waals surface area contributed by atoms with Crippen LogP contribution in [0.25, 0.3) is 0 Å². The predicted octanol–water partition coefficient (Wildman–Crippen LogP) is 2.31. The van der Waals surface area contributed by atoms with Gasteiger partial charge in [-0.1, -0.05) is 13.8 Å². The molecule has 1 aromatic heterocycles. The fourth-order valence-corrected chi connectivity index (χ4v) is 1.82. The number of aromatic nitrogens is 1. The highest BCUT2D eigenvalue weighted by molar-refractivity contribution is 6.18. The standard InChI is InChI=1S/C11H16ClN3O3/c1-7(2)5-8(6-12)13-11(16)9-3-4-10(14-9)15(17)18/h3-4,7-8,14H,5-6H2,1-2H3,(H,13,16). The molecule has 0 fully saturated rings. The zero-order valence-corrected chi connectivity index (χ0v) is 11.0. The van der Waals surface area contributed by atoms with E-state index in [2.05, 4.69) is 10.3 Å². The van der Waals surface area contributed by atoms with Crippen molar-refractivity contribution in [1.29, 1.82) is 0 Å². The maximum absolute atomic E-state index is 11.8. The van der Waals surface area contributed by atoms with Crippen LogP contribution in [0.1, 0.15) is 30.8 Å². The molecule has 100 valence electrons. The van der Waals surface area contributed by atoms with E-state index < -0.39 is 4.92 Å². The second-order valence-electron chi connectivity index (χ2n) is 4.47. The Labute approximate surface area is 110 Å². The van der Waals surface area contributed by atoms with Crippen molar-refractivity contribution in [3.8, 4) is 0 Å². The molecule has 0 bridgehead atoms. The van der Waals surface area contributed by atoms with E-state index in [0.29, 0.717) is 11.8 Å². The van der Waals surface area contributed by atoms with E-state index in [4.69, 9.17) is 11.6 Å². The Balaban J connectivity index is 2.65. The van der Waals surface area contributed by atoms with E-state index in [1.54, 1.807) is 0 Å². The van der Waals surface area contributed by atoms with Crippen LogP contribution >= 0.6 is 11.6 Å². The molecular weight excluding hydrogens is 258 g/mol. The lowest BCUT2D eigenvalue weighted by atomic mass is 10.1. The lowest BCUT2D eigenvalue weighted by Crippen LogP contribution is -2.37. The Hall–Kier alpha value is -1.56. The minimum atomic E-state index is -0.579. The van der Waals surface area contributed by atoms with Gasteiger partial charge in [-0.2, -0.15) is 0 Å². The number of hydrogen-bond donors (Lipinski definition) is 2. The summed E-state index contributed by atoms with van der Waals surface area (Å²) in [5.74, 6) is 0.139. The van der Waals surface area contributed by atoms with Crippen molar-refractivity contribution < 1.29 is 9.72 Å². The van der Waals surface area contributed by atoms with Crippen LogP contribution in [0.4, 0.5) is 5.82 Å². The number of hydrogen-bond acceptors (Lipinski definition) is 3. The van der Waals surface area contributed by atoms with Gasteiger partial charge in [-0.3, -0.25) is 4.79 Å². The summed E-state index contributed by atoms with van der Waals surface area (Å²) >= 11 is 5.77. The number of rotatable bonds is 6. The maximum atomic E-state index is 11.8. The SMILES string of the molecule is CC(C)CC(CCl)NC(=O)c1ccc([N+](=O)[O-])[nH]1. The minimum Gasteiger partial charge on any atom is -0.358 e. The van der Waals surface area contributed by atoms with E-state index in [9.17, 15) is 14.9 Å². The molecule has 1 heterocycles. The molecule has 1 unspecified atom stereocenters. The Kier molecular flexibility index (Phi) is 5.15. The van der Waals surface area contributed by atoms with Gasteiger partial charge in [0.15, 0.2) is 5.69 Å². The molecule has 0 aliphatic rings. The number of carbonyl (C=O) groups excluding carboxylic acids is 1. The summed E-state index contributed by atoms with van der Waals surface area (Å²) < 4.78 is 0. The number of nitrogens with one attached hydrogen (secondary N) is 2. The van der Waals surface area contributed by atoms with Gasteiger partial charge in [-0.05, 0) is 23.3 Å². The largest absolute Gasteiger partial charge is 0.358 e. The first-order valence-corrected chi connectivity index (χ1v) is 6.17. The van der Waals surface area contributed by atoms with Gasteiger partial charge in [0.25, 0.3) is 5.91 Å². The topological polar surface area (TPSA) is 88.0 Å².